The fourth-order valence-electron chi connectivity index (χ4n) is 8.01. The molecule has 0 aliphatic heterocycles. The van der Waals surface area contributed by atoms with E-state index < -0.39 is 0 Å². The molecule has 0 bridgehead atoms. The zero-order chi connectivity index (χ0) is 28.1. The lowest BCUT2D eigenvalue weighted by Gasteiger charge is -2.38. The van der Waals surface area contributed by atoms with Crippen LogP contribution in [-0.2, 0) is 0 Å². The summed E-state index contributed by atoms with van der Waals surface area (Å²) in [6.45, 7) is 0. The van der Waals surface area contributed by atoms with Crippen molar-refractivity contribution in [3.63, 3.8) is 0 Å². The predicted molar refractivity (Wildman–Crippen MR) is 183 cm³/mol. The molecule has 0 radical (unpaired) electrons. The highest BCUT2D eigenvalue weighted by atomic mass is 14.5. The molecule has 1 spiro atoms. The molecule has 0 nitrogen and oxygen atoms in total. The second-order valence-corrected chi connectivity index (χ2v) is 12.1. The molecule has 0 N–H and O–H groups in total. The van der Waals surface area contributed by atoms with Crippen molar-refractivity contribution in [2.45, 2.75) is 0 Å². The van der Waals surface area contributed by atoms with Gasteiger partial charge in [0.2, 0.25) is 0 Å². The Kier molecular flexibility index (Phi) is 4.47. The number of benzene rings is 6. The topological polar surface area (TPSA) is 0 Å². The minimum atomic E-state index is -0.316. The van der Waals surface area contributed by atoms with Crippen LogP contribution in [0, 0.1) is 5.41 Å². The molecular formula is C43H26. The minimum absolute atomic E-state index is 0.316. The minimum Gasteiger partial charge on any atom is -0.0657 e. The molecule has 6 aromatic carbocycles. The number of allylic oxidation sites excluding steroid dienone is 10. The van der Waals surface area contributed by atoms with E-state index in [-0.39, 0.29) is 5.41 Å². The summed E-state index contributed by atoms with van der Waals surface area (Å²) in [5.74, 6) is 0. The fourth-order valence-corrected chi connectivity index (χ4v) is 8.01. The van der Waals surface area contributed by atoms with Gasteiger partial charge in [-0.25, -0.2) is 0 Å². The van der Waals surface area contributed by atoms with E-state index in [0.717, 1.165) is 0 Å². The average Bonchev–Trinajstić information content (AvgIpc) is 3.65. The first kappa shape index (κ1) is 23.1. The van der Waals surface area contributed by atoms with E-state index in [2.05, 4.69) is 158 Å². The van der Waals surface area contributed by atoms with Gasteiger partial charge in [-0.3, -0.25) is 0 Å². The van der Waals surface area contributed by atoms with Crippen molar-refractivity contribution in [1.29, 1.82) is 0 Å². The van der Waals surface area contributed by atoms with Gasteiger partial charge in [-0.05, 0) is 112 Å². The Morgan fingerprint density at radius 2 is 1.16 bits per heavy atom. The van der Waals surface area contributed by atoms with Crippen LogP contribution in [0.2, 0.25) is 0 Å². The first-order chi connectivity index (χ1) is 21.3. The van der Waals surface area contributed by atoms with Gasteiger partial charge in [-0.15, -0.1) is 0 Å². The van der Waals surface area contributed by atoms with Crippen LogP contribution in [0.3, 0.4) is 0 Å². The highest BCUT2D eigenvalue weighted by Crippen LogP contribution is 2.61. The van der Waals surface area contributed by atoms with Gasteiger partial charge in [0.05, 0.1) is 5.41 Å². The number of fused-ring (bicyclic) bond motifs is 12. The molecule has 0 heterocycles. The van der Waals surface area contributed by atoms with E-state index in [1.54, 1.807) is 0 Å². The van der Waals surface area contributed by atoms with Crippen molar-refractivity contribution in [2.75, 3.05) is 0 Å². The van der Waals surface area contributed by atoms with E-state index in [1.807, 2.05) is 0 Å². The molecule has 43 heavy (non-hydrogen) atoms. The van der Waals surface area contributed by atoms with Crippen molar-refractivity contribution in [1.82, 2.24) is 0 Å². The molecule has 0 aromatic heterocycles. The summed E-state index contributed by atoms with van der Waals surface area (Å²) in [6, 6.07) is 42.5. The van der Waals surface area contributed by atoms with Gasteiger partial charge in [-0.2, -0.15) is 0 Å². The van der Waals surface area contributed by atoms with Crippen LogP contribution in [0.15, 0.2) is 157 Å². The Labute approximate surface area is 250 Å². The maximum atomic E-state index is 2.46. The zero-order valence-electron chi connectivity index (χ0n) is 23.5. The monoisotopic (exact) mass is 542 g/mol. The molecule has 1 atom stereocenters. The maximum Gasteiger partial charge on any atom is 0.0581 e. The Balaban J connectivity index is 1.27. The molecule has 4 aliphatic carbocycles. The summed E-state index contributed by atoms with van der Waals surface area (Å²) in [5.41, 5.74) is 13.0. The van der Waals surface area contributed by atoms with Gasteiger partial charge < -0.3 is 0 Å². The Morgan fingerprint density at radius 3 is 2.05 bits per heavy atom. The molecule has 198 valence electrons. The third-order valence-electron chi connectivity index (χ3n) is 9.95. The second-order valence-electron chi connectivity index (χ2n) is 12.1. The van der Waals surface area contributed by atoms with Gasteiger partial charge in [0.1, 0.15) is 0 Å². The van der Waals surface area contributed by atoms with Crippen molar-refractivity contribution in [3.8, 4) is 0 Å². The number of hydrogen-bond acceptors (Lipinski definition) is 0. The molecule has 0 amide bonds. The molecule has 0 saturated heterocycles. The van der Waals surface area contributed by atoms with Crippen molar-refractivity contribution >= 4 is 61.2 Å². The van der Waals surface area contributed by atoms with Gasteiger partial charge in [0, 0.05) is 0 Å². The molecular weight excluding hydrogens is 516 g/mol. The molecule has 0 fully saturated rings. The lowest BCUT2D eigenvalue weighted by atomic mass is 9.64. The van der Waals surface area contributed by atoms with Gasteiger partial charge >= 0.3 is 0 Å². The maximum absolute atomic E-state index is 2.46. The first-order valence-corrected chi connectivity index (χ1v) is 15.1. The zero-order valence-corrected chi connectivity index (χ0v) is 23.5. The van der Waals surface area contributed by atoms with E-state index in [9.17, 15) is 0 Å². The van der Waals surface area contributed by atoms with E-state index >= 15 is 0 Å². The quantitative estimate of drug-likeness (QED) is 0.143. The van der Waals surface area contributed by atoms with Crippen LogP contribution in [0.4, 0.5) is 0 Å². The SMILES string of the molecule is C1=CC2(C=CC(c3cccc4ccc5cc6ccccc6cc5c34)=C3C2=Cc2ccccc23)C2=Cc3ccccc3C2=C1. The molecule has 0 saturated carbocycles. The molecule has 4 aliphatic rings. The Hall–Kier alpha value is -5.46. The molecule has 10 rings (SSSR count). The van der Waals surface area contributed by atoms with Crippen molar-refractivity contribution in [2.24, 2.45) is 5.41 Å². The standard InChI is InChI=1S/C43H26/c1-2-10-29-24-38-32(23-28(29)9-1)19-18-27-13-7-16-36(41(27)38)37-20-22-43(40-26-31-12-4-6-15-34(31)42(37)40)21-8-17-35-33-14-5-3-11-30(33)25-39(35)43/h1-26H. The fraction of sp³-hybridized carbons (Fsp3) is 0.0233. The average molecular weight is 543 g/mol. The summed E-state index contributed by atoms with van der Waals surface area (Å²) >= 11 is 0. The Morgan fingerprint density at radius 1 is 0.488 bits per heavy atom. The predicted octanol–water partition coefficient (Wildman–Crippen LogP) is 11.1. The highest BCUT2D eigenvalue weighted by molar-refractivity contribution is 6.21. The largest absolute Gasteiger partial charge is 0.0657 e. The van der Waals surface area contributed by atoms with Crippen LogP contribution in [0.25, 0.3) is 61.2 Å². The highest BCUT2D eigenvalue weighted by Gasteiger charge is 2.45. The third kappa shape index (κ3) is 3.05. The molecule has 1 unspecified atom stereocenters. The van der Waals surface area contributed by atoms with Crippen molar-refractivity contribution < 1.29 is 0 Å². The molecule has 0 heteroatoms. The lowest BCUT2D eigenvalue weighted by Crippen LogP contribution is -2.25. The number of hydrogen-bond donors (Lipinski definition) is 0. The third-order valence-corrected chi connectivity index (χ3v) is 9.95. The molecule has 6 aromatic rings. The normalized spacial score (nSPS) is 19.4. The van der Waals surface area contributed by atoms with E-state index in [4.69, 9.17) is 0 Å². The van der Waals surface area contributed by atoms with E-state index in [1.165, 1.54) is 88.0 Å². The van der Waals surface area contributed by atoms with Crippen LogP contribution < -0.4 is 0 Å². The van der Waals surface area contributed by atoms with Crippen molar-refractivity contribution in [3.05, 3.63) is 185 Å². The van der Waals surface area contributed by atoms with Gasteiger partial charge in [-0.1, -0.05) is 134 Å². The number of rotatable bonds is 1. The van der Waals surface area contributed by atoms with E-state index in [0.29, 0.717) is 0 Å². The summed E-state index contributed by atoms with van der Waals surface area (Å²) in [4.78, 5) is 0. The van der Waals surface area contributed by atoms with Gasteiger partial charge in [0.15, 0.2) is 0 Å². The van der Waals surface area contributed by atoms with Gasteiger partial charge in [0.25, 0.3) is 0 Å². The smallest absolute Gasteiger partial charge is 0.0581 e. The summed E-state index contributed by atoms with van der Waals surface area (Å²) < 4.78 is 0. The summed E-state index contributed by atoms with van der Waals surface area (Å²) in [7, 11) is 0. The van der Waals surface area contributed by atoms with Crippen LogP contribution in [-0.4, -0.2) is 0 Å². The first-order valence-electron chi connectivity index (χ1n) is 15.1. The Bertz CT molecular complexity index is 2430. The summed E-state index contributed by atoms with van der Waals surface area (Å²) in [5, 5.41) is 7.74. The summed E-state index contributed by atoms with van der Waals surface area (Å²) in [6.07, 6.45) is 16.7. The van der Waals surface area contributed by atoms with Crippen LogP contribution in [0.1, 0.15) is 27.8 Å². The second kappa shape index (κ2) is 8.31. The van der Waals surface area contributed by atoms with Crippen LogP contribution in [0.5, 0.6) is 0 Å². The lowest BCUT2D eigenvalue weighted by molar-refractivity contribution is 0.755. The van der Waals surface area contributed by atoms with Crippen LogP contribution >= 0.6 is 0 Å².